The number of carbonyl (C=O) groups is 3. The molecule has 1 aromatic carbocycles. The van der Waals surface area contributed by atoms with E-state index in [0.29, 0.717) is 16.3 Å². The predicted octanol–water partition coefficient (Wildman–Crippen LogP) is 3.81. The summed E-state index contributed by atoms with van der Waals surface area (Å²) in [5, 5.41) is 3.01. The van der Waals surface area contributed by atoms with Crippen LogP contribution in [0.5, 0.6) is 0 Å². The van der Waals surface area contributed by atoms with Gasteiger partial charge in [-0.05, 0) is 30.5 Å². The van der Waals surface area contributed by atoms with Crippen molar-refractivity contribution in [2.45, 2.75) is 19.6 Å². The Labute approximate surface area is 166 Å². The molecule has 0 saturated heterocycles. The van der Waals surface area contributed by atoms with Crippen LogP contribution in [0.3, 0.4) is 0 Å². The second kappa shape index (κ2) is 9.57. The Hall–Kier alpha value is -2.32. The minimum Gasteiger partial charge on any atom is -0.465 e. The van der Waals surface area contributed by atoms with Gasteiger partial charge in [0, 0.05) is 5.75 Å². The van der Waals surface area contributed by atoms with Gasteiger partial charge in [-0.15, -0.1) is 23.1 Å². The van der Waals surface area contributed by atoms with Crippen LogP contribution in [0.15, 0.2) is 24.3 Å². The molecule has 0 unspecified atom stereocenters. The Balaban J connectivity index is 2.09. The quantitative estimate of drug-likeness (QED) is 0.703. The Morgan fingerprint density at radius 3 is 2.37 bits per heavy atom. The van der Waals surface area contributed by atoms with Crippen LogP contribution in [0.4, 0.5) is 5.00 Å². The van der Waals surface area contributed by atoms with Gasteiger partial charge < -0.3 is 14.8 Å². The van der Waals surface area contributed by atoms with E-state index in [2.05, 4.69) is 5.32 Å². The van der Waals surface area contributed by atoms with Crippen LogP contribution in [0, 0.1) is 13.8 Å². The zero-order valence-electron chi connectivity index (χ0n) is 15.6. The smallest absolute Gasteiger partial charge is 0.348 e. The normalized spacial score (nSPS) is 10.4. The van der Waals surface area contributed by atoms with Crippen molar-refractivity contribution >= 4 is 45.9 Å². The number of nitrogens with one attached hydrogen (secondary N) is 1. The molecule has 144 valence electrons. The van der Waals surface area contributed by atoms with Crippen molar-refractivity contribution < 1.29 is 23.9 Å². The SMILES string of the molecule is COC(=O)c1sc(NC(=O)CSCc2ccccc2C)c(C(=O)OC)c1C. The van der Waals surface area contributed by atoms with E-state index in [4.69, 9.17) is 9.47 Å². The Bertz CT molecular complexity index is 860. The molecule has 0 atom stereocenters. The first kappa shape index (κ1) is 21.0. The number of aryl methyl sites for hydroxylation is 1. The molecule has 1 amide bonds. The van der Waals surface area contributed by atoms with Gasteiger partial charge >= 0.3 is 11.9 Å². The van der Waals surface area contributed by atoms with E-state index in [1.807, 2.05) is 31.2 Å². The van der Waals surface area contributed by atoms with Gasteiger partial charge in [0.25, 0.3) is 0 Å². The Morgan fingerprint density at radius 2 is 1.74 bits per heavy atom. The summed E-state index contributed by atoms with van der Waals surface area (Å²) in [7, 11) is 2.51. The second-order valence-corrected chi connectivity index (χ2v) is 7.72. The van der Waals surface area contributed by atoms with Crippen LogP contribution in [-0.2, 0) is 20.0 Å². The first-order valence-corrected chi connectivity index (χ1v) is 10.1. The van der Waals surface area contributed by atoms with Crippen molar-refractivity contribution in [3.8, 4) is 0 Å². The number of hydrogen-bond acceptors (Lipinski definition) is 7. The van der Waals surface area contributed by atoms with Crippen LogP contribution in [0.2, 0.25) is 0 Å². The minimum atomic E-state index is -0.609. The van der Waals surface area contributed by atoms with Crippen LogP contribution in [0.25, 0.3) is 0 Å². The summed E-state index contributed by atoms with van der Waals surface area (Å²) in [5.74, 6) is -0.490. The number of anilines is 1. The predicted molar refractivity (Wildman–Crippen MR) is 108 cm³/mol. The molecule has 1 N–H and O–H groups in total. The van der Waals surface area contributed by atoms with Gasteiger partial charge in [0.2, 0.25) is 5.91 Å². The molecule has 6 nitrogen and oxygen atoms in total. The van der Waals surface area contributed by atoms with Gasteiger partial charge in [-0.25, -0.2) is 9.59 Å². The standard InChI is InChI=1S/C19H21NO5S2/c1-11-7-5-6-8-13(11)9-26-10-14(21)20-17-15(18(22)24-3)12(2)16(27-17)19(23)25-4/h5-8H,9-10H2,1-4H3,(H,20,21). The van der Waals surface area contributed by atoms with E-state index < -0.39 is 11.9 Å². The average Bonchev–Trinajstić information content (AvgIpc) is 2.98. The van der Waals surface area contributed by atoms with E-state index in [0.717, 1.165) is 11.3 Å². The Kier molecular flexibility index (Phi) is 7.44. The van der Waals surface area contributed by atoms with Gasteiger partial charge in [-0.1, -0.05) is 24.3 Å². The molecule has 0 saturated carbocycles. The number of esters is 2. The minimum absolute atomic E-state index is 0.181. The van der Waals surface area contributed by atoms with Gasteiger partial charge in [0.05, 0.1) is 25.5 Å². The maximum absolute atomic E-state index is 12.3. The lowest BCUT2D eigenvalue weighted by atomic mass is 10.1. The van der Waals surface area contributed by atoms with Crippen LogP contribution in [-0.4, -0.2) is 37.8 Å². The highest BCUT2D eigenvalue weighted by Gasteiger charge is 2.26. The third kappa shape index (κ3) is 5.11. The summed E-state index contributed by atoms with van der Waals surface area (Å²) in [5.41, 5.74) is 2.96. The van der Waals surface area contributed by atoms with E-state index in [9.17, 15) is 14.4 Å². The molecular formula is C19H21NO5S2. The zero-order chi connectivity index (χ0) is 20.0. The lowest BCUT2D eigenvalue weighted by Gasteiger charge is -2.07. The molecule has 0 radical (unpaired) electrons. The molecule has 0 fully saturated rings. The maximum atomic E-state index is 12.3. The van der Waals surface area contributed by atoms with E-state index in [1.165, 1.54) is 37.1 Å². The fourth-order valence-electron chi connectivity index (χ4n) is 2.43. The molecule has 0 aliphatic carbocycles. The fourth-order valence-corrected chi connectivity index (χ4v) is 4.46. The van der Waals surface area contributed by atoms with E-state index in [-0.39, 0.29) is 22.1 Å². The summed E-state index contributed by atoms with van der Waals surface area (Å²) in [6.45, 7) is 3.65. The van der Waals surface area contributed by atoms with Gasteiger partial charge in [-0.2, -0.15) is 0 Å². The highest BCUT2D eigenvalue weighted by molar-refractivity contribution is 7.99. The number of ether oxygens (including phenoxy) is 2. The molecule has 27 heavy (non-hydrogen) atoms. The molecule has 1 aromatic heterocycles. The van der Waals surface area contributed by atoms with Crippen molar-refractivity contribution in [2.24, 2.45) is 0 Å². The summed E-state index contributed by atoms with van der Waals surface area (Å²) in [6, 6.07) is 8.00. The zero-order valence-corrected chi connectivity index (χ0v) is 17.2. The second-order valence-electron chi connectivity index (χ2n) is 5.71. The van der Waals surface area contributed by atoms with Crippen LogP contribution in [0.1, 0.15) is 36.7 Å². The molecule has 2 rings (SSSR count). The fraction of sp³-hybridized carbons (Fsp3) is 0.316. The van der Waals surface area contributed by atoms with Gasteiger partial charge in [-0.3, -0.25) is 4.79 Å². The average molecular weight is 408 g/mol. The van der Waals surface area contributed by atoms with Crippen molar-refractivity contribution in [1.82, 2.24) is 0 Å². The number of methoxy groups -OCH3 is 2. The van der Waals surface area contributed by atoms with Crippen LogP contribution < -0.4 is 5.32 Å². The monoisotopic (exact) mass is 407 g/mol. The first-order chi connectivity index (χ1) is 12.9. The first-order valence-electron chi connectivity index (χ1n) is 8.11. The summed E-state index contributed by atoms with van der Waals surface area (Å²) >= 11 is 2.48. The third-order valence-corrected chi connectivity index (χ3v) is 6.08. The molecule has 0 spiro atoms. The number of thioether (sulfide) groups is 1. The topological polar surface area (TPSA) is 81.7 Å². The number of carbonyl (C=O) groups excluding carboxylic acids is 3. The largest absolute Gasteiger partial charge is 0.465 e. The van der Waals surface area contributed by atoms with Crippen LogP contribution >= 0.6 is 23.1 Å². The third-order valence-electron chi connectivity index (χ3n) is 3.91. The molecular weight excluding hydrogens is 386 g/mol. The Morgan fingerprint density at radius 1 is 1.07 bits per heavy atom. The van der Waals surface area contributed by atoms with Gasteiger partial charge in [0.15, 0.2) is 0 Å². The molecule has 0 bridgehead atoms. The van der Waals surface area contributed by atoms with E-state index in [1.54, 1.807) is 6.92 Å². The van der Waals surface area contributed by atoms with Gasteiger partial charge in [0.1, 0.15) is 9.88 Å². The number of benzene rings is 1. The van der Waals surface area contributed by atoms with Crippen molar-refractivity contribution in [3.63, 3.8) is 0 Å². The summed E-state index contributed by atoms with van der Waals surface area (Å²) < 4.78 is 9.51. The van der Waals surface area contributed by atoms with Crippen molar-refractivity contribution in [2.75, 3.05) is 25.3 Å². The number of rotatable bonds is 7. The number of hydrogen-bond donors (Lipinski definition) is 1. The number of amides is 1. The molecule has 8 heteroatoms. The summed E-state index contributed by atoms with van der Waals surface area (Å²) in [4.78, 5) is 36.5. The molecule has 1 heterocycles. The van der Waals surface area contributed by atoms with E-state index >= 15 is 0 Å². The lowest BCUT2D eigenvalue weighted by molar-refractivity contribution is -0.113. The highest BCUT2D eigenvalue weighted by Crippen LogP contribution is 2.34. The van der Waals surface area contributed by atoms with Crippen molar-refractivity contribution in [3.05, 3.63) is 51.4 Å². The van der Waals surface area contributed by atoms with Crippen molar-refractivity contribution in [1.29, 1.82) is 0 Å². The number of thiophene rings is 1. The lowest BCUT2D eigenvalue weighted by Crippen LogP contribution is -2.16. The molecule has 0 aliphatic rings. The molecule has 0 aliphatic heterocycles. The highest BCUT2D eigenvalue weighted by atomic mass is 32.2. The molecule has 2 aromatic rings. The summed E-state index contributed by atoms with van der Waals surface area (Å²) in [6.07, 6.45) is 0. The maximum Gasteiger partial charge on any atom is 0.348 e.